The third-order valence-corrected chi connectivity index (χ3v) is 4.74. The largest absolute Gasteiger partial charge is 0.374 e. The van der Waals surface area contributed by atoms with Crippen LogP contribution in [-0.2, 0) is 11.3 Å². The van der Waals surface area contributed by atoms with E-state index in [4.69, 9.17) is 21.3 Å². The molecule has 2 atom stereocenters. The maximum atomic E-state index is 6.28. The Balaban J connectivity index is 1.76. The standard InChI is InChI=1S/C16H24ClN3O/c1-2-8-18-11-13-12(17)6-7-16(19-13)20-9-10-21-15-5-3-4-14(15)20/h6-7,14-15,18H,2-5,8-11H2,1H3. The number of aromatic nitrogens is 1. The molecule has 1 aliphatic heterocycles. The monoisotopic (exact) mass is 309 g/mol. The van der Waals surface area contributed by atoms with E-state index in [1.807, 2.05) is 12.1 Å². The molecule has 4 nitrogen and oxygen atoms in total. The molecule has 2 heterocycles. The molecule has 1 aromatic heterocycles. The number of halogens is 1. The predicted octanol–water partition coefficient (Wildman–Crippen LogP) is 2.99. The Morgan fingerprint density at radius 1 is 1.43 bits per heavy atom. The second kappa shape index (κ2) is 6.95. The molecule has 1 aromatic rings. The van der Waals surface area contributed by atoms with Crippen LogP contribution < -0.4 is 10.2 Å². The fourth-order valence-corrected chi connectivity index (χ4v) is 3.52. The van der Waals surface area contributed by atoms with E-state index < -0.39 is 0 Å². The van der Waals surface area contributed by atoms with Gasteiger partial charge in [0.25, 0.3) is 0 Å². The summed E-state index contributed by atoms with van der Waals surface area (Å²) < 4.78 is 5.88. The normalized spacial score (nSPS) is 25.1. The Hall–Kier alpha value is -0.840. The molecule has 0 amide bonds. The van der Waals surface area contributed by atoms with Crippen molar-refractivity contribution in [1.82, 2.24) is 10.3 Å². The first-order valence-corrected chi connectivity index (χ1v) is 8.41. The minimum absolute atomic E-state index is 0.387. The zero-order chi connectivity index (χ0) is 14.7. The number of fused-ring (bicyclic) bond motifs is 1. The zero-order valence-corrected chi connectivity index (χ0v) is 13.4. The molecule has 5 heteroatoms. The zero-order valence-electron chi connectivity index (χ0n) is 12.6. The molecule has 3 rings (SSSR count). The molecule has 1 saturated heterocycles. The van der Waals surface area contributed by atoms with Crippen LogP contribution in [0.5, 0.6) is 0 Å². The van der Waals surface area contributed by atoms with Crippen molar-refractivity contribution in [1.29, 1.82) is 0 Å². The van der Waals surface area contributed by atoms with E-state index in [0.717, 1.165) is 49.2 Å². The molecule has 1 N–H and O–H groups in total. The van der Waals surface area contributed by atoms with Crippen LogP contribution in [0.3, 0.4) is 0 Å². The van der Waals surface area contributed by atoms with Crippen LogP contribution in [0, 0.1) is 0 Å². The predicted molar refractivity (Wildman–Crippen MR) is 86.0 cm³/mol. The molecule has 21 heavy (non-hydrogen) atoms. The smallest absolute Gasteiger partial charge is 0.129 e. The van der Waals surface area contributed by atoms with Crippen LogP contribution in [0.2, 0.25) is 5.02 Å². The van der Waals surface area contributed by atoms with Crippen LogP contribution in [0.1, 0.15) is 38.3 Å². The van der Waals surface area contributed by atoms with Crippen LogP contribution in [0.4, 0.5) is 5.82 Å². The summed E-state index contributed by atoms with van der Waals surface area (Å²) in [5.74, 6) is 1.05. The molecule has 1 aliphatic carbocycles. The summed E-state index contributed by atoms with van der Waals surface area (Å²) in [7, 11) is 0. The summed E-state index contributed by atoms with van der Waals surface area (Å²) in [6.45, 7) is 5.61. The Labute approximate surface area is 131 Å². The van der Waals surface area contributed by atoms with Gasteiger partial charge in [0.1, 0.15) is 5.82 Å². The SMILES string of the molecule is CCCNCc1nc(N2CCOC3CCCC32)ccc1Cl. The maximum absolute atomic E-state index is 6.28. The Bertz CT molecular complexity index is 483. The topological polar surface area (TPSA) is 37.4 Å². The Morgan fingerprint density at radius 3 is 3.19 bits per heavy atom. The van der Waals surface area contributed by atoms with E-state index in [1.165, 1.54) is 19.3 Å². The van der Waals surface area contributed by atoms with Crippen molar-refractivity contribution in [3.05, 3.63) is 22.8 Å². The van der Waals surface area contributed by atoms with Crippen molar-refractivity contribution < 1.29 is 4.74 Å². The molecule has 0 aromatic carbocycles. The first-order chi connectivity index (χ1) is 10.3. The van der Waals surface area contributed by atoms with Gasteiger partial charge in [0.2, 0.25) is 0 Å². The lowest BCUT2D eigenvalue weighted by Crippen LogP contribution is -2.49. The maximum Gasteiger partial charge on any atom is 0.129 e. The second-order valence-corrected chi connectivity index (χ2v) is 6.28. The van der Waals surface area contributed by atoms with Gasteiger partial charge in [-0.1, -0.05) is 18.5 Å². The van der Waals surface area contributed by atoms with E-state index in [0.29, 0.717) is 12.1 Å². The summed E-state index contributed by atoms with van der Waals surface area (Å²) in [6, 6.07) is 4.52. The van der Waals surface area contributed by atoms with Gasteiger partial charge in [-0.3, -0.25) is 0 Å². The lowest BCUT2D eigenvalue weighted by atomic mass is 10.1. The van der Waals surface area contributed by atoms with Crippen molar-refractivity contribution in [2.24, 2.45) is 0 Å². The summed E-state index contributed by atoms with van der Waals surface area (Å²) >= 11 is 6.28. The minimum atomic E-state index is 0.387. The summed E-state index contributed by atoms with van der Waals surface area (Å²) in [6.07, 6.45) is 5.14. The first kappa shape index (κ1) is 15.1. The van der Waals surface area contributed by atoms with Crippen molar-refractivity contribution in [3.63, 3.8) is 0 Å². The minimum Gasteiger partial charge on any atom is -0.374 e. The number of pyridine rings is 1. The lowest BCUT2D eigenvalue weighted by molar-refractivity contribution is 0.0253. The summed E-state index contributed by atoms with van der Waals surface area (Å²) in [4.78, 5) is 7.22. The molecule has 2 fully saturated rings. The van der Waals surface area contributed by atoms with Gasteiger partial charge in [0.15, 0.2) is 0 Å². The van der Waals surface area contributed by atoms with Gasteiger partial charge < -0.3 is 15.0 Å². The van der Waals surface area contributed by atoms with E-state index in [9.17, 15) is 0 Å². The quantitative estimate of drug-likeness (QED) is 0.849. The summed E-state index contributed by atoms with van der Waals surface area (Å²) in [5, 5.41) is 4.13. The van der Waals surface area contributed by atoms with E-state index >= 15 is 0 Å². The van der Waals surface area contributed by atoms with Crippen LogP contribution in [-0.4, -0.2) is 36.8 Å². The molecule has 2 aliphatic rings. The third kappa shape index (κ3) is 3.33. The highest BCUT2D eigenvalue weighted by atomic mass is 35.5. The van der Waals surface area contributed by atoms with Crippen LogP contribution >= 0.6 is 11.6 Å². The lowest BCUT2D eigenvalue weighted by Gasteiger charge is -2.38. The van der Waals surface area contributed by atoms with Crippen LogP contribution in [0.15, 0.2) is 12.1 Å². The average Bonchev–Trinajstić information content (AvgIpc) is 2.98. The molecule has 116 valence electrons. The molecular formula is C16H24ClN3O. The molecule has 0 spiro atoms. The van der Waals surface area contributed by atoms with E-state index in [-0.39, 0.29) is 0 Å². The van der Waals surface area contributed by atoms with Gasteiger partial charge >= 0.3 is 0 Å². The average molecular weight is 310 g/mol. The fourth-order valence-electron chi connectivity index (χ4n) is 3.35. The fraction of sp³-hybridized carbons (Fsp3) is 0.688. The van der Waals surface area contributed by atoms with Crippen LogP contribution in [0.25, 0.3) is 0 Å². The van der Waals surface area contributed by atoms with Gasteiger partial charge in [0, 0.05) is 13.1 Å². The molecule has 1 saturated carbocycles. The van der Waals surface area contributed by atoms with Crippen molar-refractivity contribution in [2.75, 3.05) is 24.6 Å². The number of hydrogen-bond donors (Lipinski definition) is 1. The molecule has 0 radical (unpaired) electrons. The second-order valence-electron chi connectivity index (χ2n) is 5.88. The Kier molecular flexibility index (Phi) is 4.99. The van der Waals surface area contributed by atoms with Gasteiger partial charge in [-0.25, -0.2) is 4.98 Å². The number of anilines is 1. The molecule has 0 bridgehead atoms. The number of ether oxygens (including phenoxy) is 1. The highest BCUT2D eigenvalue weighted by molar-refractivity contribution is 6.31. The van der Waals surface area contributed by atoms with Crippen molar-refractivity contribution in [2.45, 2.75) is 51.3 Å². The van der Waals surface area contributed by atoms with Gasteiger partial charge in [0.05, 0.1) is 29.5 Å². The highest BCUT2D eigenvalue weighted by Gasteiger charge is 2.36. The van der Waals surface area contributed by atoms with E-state index in [2.05, 4.69) is 17.1 Å². The first-order valence-electron chi connectivity index (χ1n) is 8.04. The van der Waals surface area contributed by atoms with Crippen molar-refractivity contribution >= 4 is 17.4 Å². The Morgan fingerprint density at radius 2 is 2.33 bits per heavy atom. The number of morpholine rings is 1. The van der Waals surface area contributed by atoms with Gasteiger partial charge in [-0.15, -0.1) is 0 Å². The number of hydrogen-bond acceptors (Lipinski definition) is 4. The van der Waals surface area contributed by atoms with Crippen molar-refractivity contribution in [3.8, 4) is 0 Å². The third-order valence-electron chi connectivity index (χ3n) is 4.40. The number of nitrogens with one attached hydrogen (secondary N) is 1. The highest BCUT2D eigenvalue weighted by Crippen LogP contribution is 2.33. The molecular weight excluding hydrogens is 286 g/mol. The van der Waals surface area contributed by atoms with Gasteiger partial charge in [-0.05, 0) is 44.4 Å². The summed E-state index contributed by atoms with van der Waals surface area (Å²) in [5.41, 5.74) is 0.948. The number of rotatable bonds is 5. The van der Waals surface area contributed by atoms with E-state index in [1.54, 1.807) is 0 Å². The van der Waals surface area contributed by atoms with Gasteiger partial charge in [-0.2, -0.15) is 0 Å². The molecule has 2 unspecified atom stereocenters. The number of nitrogens with zero attached hydrogens (tertiary/aromatic N) is 2.